The molecule has 2 aliphatic rings. The molecule has 0 radical (unpaired) electrons. The number of Topliss-reactive ketones (excluding diaryl/α,β-unsaturated/α-hetero) is 1. The lowest BCUT2D eigenvalue weighted by Crippen LogP contribution is -2.52. The van der Waals surface area contributed by atoms with E-state index in [1.54, 1.807) is 30.3 Å². The van der Waals surface area contributed by atoms with Gasteiger partial charge >= 0.3 is 0 Å². The van der Waals surface area contributed by atoms with E-state index in [0.717, 1.165) is 34.0 Å². The van der Waals surface area contributed by atoms with Gasteiger partial charge in [0.15, 0.2) is 5.78 Å². The fourth-order valence-corrected chi connectivity index (χ4v) is 4.75. The van der Waals surface area contributed by atoms with Gasteiger partial charge in [-0.15, -0.1) is 0 Å². The van der Waals surface area contributed by atoms with E-state index in [1.165, 1.54) is 6.07 Å². The lowest BCUT2D eigenvalue weighted by molar-refractivity contribution is -0.154. The second-order valence-corrected chi connectivity index (χ2v) is 8.96. The molecule has 0 unspecified atom stereocenters. The molecule has 0 spiro atoms. The summed E-state index contributed by atoms with van der Waals surface area (Å²) in [5.41, 5.74) is 2.54. The van der Waals surface area contributed by atoms with Gasteiger partial charge in [-0.05, 0) is 56.0 Å². The van der Waals surface area contributed by atoms with Crippen LogP contribution < -0.4 is 0 Å². The highest BCUT2D eigenvalue weighted by molar-refractivity contribution is 6.34. The van der Waals surface area contributed by atoms with Crippen LogP contribution in [0.5, 0.6) is 0 Å². The Kier molecular flexibility index (Phi) is 6.15. The first-order valence-corrected chi connectivity index (χ1v) is 11.2. The third-order valence-electron chi connectivity index (χ3n) is 6.52. The van der Waals surface area contributed by atoms with E-state index in [-0.39, 0.29) is 16.4 Å². The number of hydrogen-bond donors (Lipinski definition) is 0. The third-order valence-corrected chi connectivity index (χ3v) is 6.85. The highest BCUT2D eigenvalue weighted by atomic mass is 35.5. The lowest BCUT2D eigenvalue weighted by atomic mass is 9.81. The minimum atomic E-state index is -0.645. The Morgan fingerprint density at radius 2 is 1.59 bits per heavy atom. The summed E-state index contributed by atoms with van der Waals surface area (Å²) in [7, 11) is 0. The number of carbonyl (C=O) groups is 4. The quantitative estimate of drug-likeness (QED) is 0.498. The number of nitrogens with zero attached hydrogens (tertiary/aromatic N) is 2. The van der Waals surface area contributed by atoms with Crippen molar-refractivity contribution in [2.24, 2.45) is 11.8 Å². The van der Waals surface area contributed by atoms with Crippen LogP contribution in [0.1, 0.15) is 57.5 Å². The first-order chi connectivity index (χ1) is 15.3. The van der Waals surface area contributed by atoms with Gasteiger partial charge in [-0.3, -0.25) is 19.2 Å². The molecule has 166 valence electrons. The van der Waals surface area contributed by atoms with Crippen LogP contribution in [0.2, 0.25) is 5.02 Å². The van der Waals surface area contributed by atoms with E-state index in [1.807, 2.05) is 19.9 Å². The van der Waals surface area contributed by atoms with Crippen molar-refractivity contribution in [1.82, 2.24) is 10.0 Å². The van der Waals surface area contributed by atoms with Crippen molar-refractivity contribution < 1.29 is 19.2 Å². The molecule has 1 saturated heterocycles. The number of halogens is 1. The van der Waals surface area contributed by atoms with Crippen LogP contribution in [0.25, 0.3) is 0 Å². The number of imide groups is 1. The zero-order chi connectivity index (χ0) is 23.0. The van der Waals surface area contributed by atoms with Crippen LogP contribution in [0, 0.1) is 25.7 Å². The summed E-state index contributed by atoms with van der Waals surface area (Å²) in [6.45, 7) is 3.42. The molecule has 2 aromatic rings. The number of benzene rings is 2. The van der Waals surface area contributed by atoms with Crippen LogP contribution in [-0.2, 0) is 9.59 Å². The summed E-state index contributed by atoms with van der Waals surface area (Å²) in [6.07, 6.45) is 2.97. The van der Waals surface area contributed by atoms with Gasteiger partial charge in [0.05, 0.1) is 22.4 Å². The first-order valence-electron chi connectivity index (χ1n) is 10.8. The molecule has 3 amide bonds. The highest BCUT2D eigenvalue weighted by Gasteiger charge is 2.51. The fraction of sp³-hybridized carbons (Fsp3) is 0.360. The molecule has 1 heterocycles. The predicted molar refractivity (Wildman–Crippen MR) is 120 cm³/mol. The van der Waals surface area contributed by atoms with Crippen molar-refractivity contribution in [1.29, 1.82) is 0 Å². The number of carbonyl (C=O) groups excluding carboxylic acids is 4. The van der Waals surface area contributed by atoms with Gasteiger partial charge in [0.25, 0.3) is 17.7 Å². The maximum absolute atomic E-state index is 13.5. The number of aryl methyl sites for hydroxylation is 2. The van der Waals surface area contributed by atoms with Gasteiger partial charge in [-0.2, -0.15) is 5.01 Å². The van der Waals surface area contributed by atoms with Crippen LogP contribution in [0.4, 0.5) is 0 Å². The molecular formula is C25H25ClN2O4. The molecule has 0 N–H and O–H groups in total. The zero-order valence-corrected chi connectivity index (χ0v) is 18.9. The van der Waals surface area contributed by atoms with E-state index >= 15 is 0 Å². The lowest BCUT2D eigenvalue weighted by Gasteiger charge is -2.30. The van der Waals surface area contributed by atoms with Crippen LogP contribution in [0.3, 0.4) is 0 Å². The molecular weight excluding hydrogens is 428 g/mol. The molecule has 1 aliphatic carbocycles. The molecule has 0 aromatic heterocycles. The Morgan fingerprint density at radius 3 is 2.19 bits per heavy atom. The highest BCUT2D eigenvalue weighted by Crippen LogP contribution is 2.39. The van der Waals surface area contributed by atoms with Crippen molar-refractivity contribution in [2.45, 2.75) is 39.5 Å². The molecule has 1 aliphatic heterocycles. The minimum Gasteiger partial charge on any atom is -0.292 e. The van der Waals surface area contributed by atoms with Crippen LogP contribution >= 0.6 is 11.6 Å². The standard InChI is InChI=1S/C25H25ClN2O4/c1-15-11-12-17(13-16(15)2)22(29)14-27(23(30)20-9-5-6-10-21(20)26)28-24(31)18-7-3-4-8-19(18)25(28)32/h5-6,9-13,18-19H,3-4,7-8,14H2,1-2H3/t18-,19-/m0/s1. The Hall–Kier alpha value is -2.99. The van der Waals surface area contributed by atoms with Crippen molar-refractivity contribution in [3.8, 4) is 0 Å². The van der Waals surface area contributed by atoms with E-state index in [9.17, 15) is 19.2 Å². The van der Waals surface area contributed by atoms with Crippen LogP contribution in [-0.4, -0.2) is 40.1 Å². The second-order valence-electron chi connectivity index (χ2n) is 8.55. The molecule has 2 atom stereocenters. The Labute approximate surface area is 192 Å². The minimum absolute atomic E-state index is 0.137. The van der Waals surface area contributed by atoms with E-state index in [2.05, 4.69) is 0 Å². The predicted octanol–water partition coefficient (Wildman–Crippen LogP) is 4.37. The third kappa shape index (κ3) is 3.95. The maximum Gasteiger partial charge on any atom is 0.274 e. The summed E-state index contributed by atoms with van der Waals surface area (Å²) in [4.78, 5) is 53.0. The molecule has 6 nitrogen and oxygen atoms in total. The SMILES string of the molecule is Cc1ccc(C(=O)CN(C(=O)c2ccccc2Cl)N2C(=O)[C@H]3CCCC[C@@H]3C2=O)cc1C. The molecule has 4 rings (SSSR count). The largest absolute Gasteiger partial charge is 0.292 e. The van der Waals surface area contributed by atoms with Gasteiger partial charge in [-0.25, -0.2) is 5.01 Å². The van der Waals surface area contributed by atoms with E-state index < -0.39 is 36.1 Å². The van der Waals surface area contributed by atoms with Gasteiger partial charge in [0.1, 0.15) is 6.54 Å². The summed E-state index contributed by atoms with van der Waals surface area (Å²) < 4.78 is 0. The monoisotopic (exact) mass is 452 g/mol. The van der Waals surface area contributed by atoms with Crippen LogP contribution in [0.15, 0.2) is 42.5 Å². The van der Waals surface area contributed by atoms with Crippen molar-refractivity contribution in [2.75, 3.05) is 6.54 Å². The number of hydrogen-bond acceptors (Lipinski definition) is 4. The second kappa shape index (κ2) is 8.87. The Balaban J connectivity index is 1.71. The molecule has 0 bridgehead atoms. The van der Waals surface area contributed by atoms with Crippen molar-refractivity contribution in [3.63, 3.8) is 0 Å². The van der Waals surface area contributed by atoms with Gasteiger partial charge in [-0.1, -0.05) is 48.7 Å². The smallest absolute Gasteiger partial charge is 0.274 e. The molecule has 2 aromatic carbocycles. The number of amides is 3. The number of hydrazine groups is 1. The summed E-state index contributed by atoms with van der Waals surface area (Å²) >= 11 is 6.24. The van der Waals surface area contributed by atoms with Gasteiger partial charge in [0, 0.05) is 5.56 Å². The first kappa shape index (κ1) is 22.2. The zero-order valence-electron chi connectivity index (χ0n) is 18.1. The normalized spacial score (nSPS) is 20.3. The summed E-state index contributed by atoms with van der Waals surface area (Å²) in [6, 6.07) is 11.7. The topological polar surface area (TPSA) is 74.8 Å². The van der Waals surface area contributed by atoms with Gasteiger partial charge in [0.2, 0.25) is 0 Å². The number of ketones is 1. The van der Waals surface area contributed by atoms with Crippen molar-refractivity contribution in [3.05, 3.63) is 69.7 Å². The Bertz CT molecular complexity index is 1090. The Morgan fingerprint density at radius 1 is 0.969 bits per heavy atom. The summed E-state index contributed by atoms with van der Waals surface area (Å²) in [5, 5.41) is 2.09. The molecule has 1 saturated carbocycles. The average Bonchev–Trinajstić information content (AvgIpc) is 3.04. The van der Waals surface area contributed by atoms with Gasteiger partial charge < -0.3 is 0 Å². The summed E-state index contributed by atoms with van der Waals surface area (Å²) in [5.74, 6) is -2.69. The number of fused-ring (bicyclic) bond motifs is 1. The van der Waals surface area contributed by atoms with E-state index in [4.69, 9.17) is 11.6 Å². The fourth-order valence-electron chi connectivity index (χ4n) is 4.53. The average molecular weight is 453 g/mol. The maximum atomic E-state index is 13.5. The molecule has 2 fully saturated rings. The molecule has 7 heteroatoms. The van der Waals surface area contributed by atoms with Crippen molar-refractivity contribution >= 4 is 35.1 Å². The number of rotatable bonds is 5. The molecule has 32 heavy (non-hydrogen) atoms. The van der Waals surface area contributed by atoms with E-state index in [0.29, 0.717) is 18.4 Å².